The molecule has 0 unspecified atom stereocenters. The SMILES string of the molecule is COc1cc(/C=C2\C(=N)N3N=C(C(C)C)SC3=NC2=O)ccc1OCCSc1ccc(Cl)cc1. The molecule has 0 aromatic heterocycles. The Morgan fingerprint density at radius 1 is 1.21 bits per heavy atom. The zero-order chi connectivity index (χ0) is 24.2. The van der Waals surface area contributed by atoms with E-state index >= 15 is 0 Å². The van der Waals surface area contributed by atoms with Gasteiger partial charge in [-0.3, -0.25) is 10.2 Å². The van der Waals surface area contributed by atoms with Crippen molar-refractivity contribution in [3.63, 3.8) is 0 Å². The third kappa shape index (κ3) is 5.48. The molecule has 2 aliphatic heterocycles. The molecule has 2 aromatic rings. The zero-order valence-corrected chi connectivity index (χ0v) is 21.3. The number of hydrogen-bond acceptors (Lipinski definition) is 7. The number of methoxy groups -OCH3 is 1. The number of carbonyl (C=O) groups excluding carboxylic acids is 1. The number of hydrazone groups is 1. The van der Waals surface area contributed by atoms with Crippen molar-refractivity contribution in [3.8, 4) is 11.5 Å². The Balaban J connectivity index is 1.44. The summed E-state index contributed by atoms with van der Waals surface area (Å²) in [6, 6.07) is 13.1. The highest BCUT2D eigenvalue weighted by Gasteiger charge is 2.36. The van der Waals surface area contributed by atoms with Gasteiger partial charge in [0, 0.05) is 21.6 Å². The Labute approximate surface area is 211 Å². The first kappa shape index (κ1) is 24.4. The summed E-state index contributed by atoms with van der Waals surface area (Å²) in [5.74, 6) is 1.65. The normalized spacial score (nSPS) is 16.6. The summed E-state index contributed by atoms with van der Waals surface area (Å²) in [4.78, 5) is 17.8. The molecule has 10 heteroatoms. The van der Waals surface area contributed by atoms with Gasteiger partial charge in [-0.25, -0.2) is 0 Å². The lowest BCUT2D eigenvalue weighted by molar-refractivity contribution is -0.114. The van der Waals surface area contributed by atoms with Gasteiger partial charge in [0.1, 0.15) is 5.04 Å². The third-order valence-electron chi connectivity index (χ3n) is 4.89. The predicted octanol–water partition coefficient (Wildman–Crippen LogP) is 5.79. The summed E-state index contributed by atoms with van der Waals surface area (Å²) in [6.07, 6.45) is 1.63. The van der Waals surface area contributed by atoms with Crippen LogP contribution in [0.4, 0.5) is 0 Å². The van der Waals surface area contributed by atoms with Crippen LogP contribution in [0.15, 0.2) is 63.0 Å². The molecule has 0 saturated carbocycles. The molecule has 0 atom stereocenters. The van der Waals surface area contributed by atoms with E-state index in [1.807, 2.05) is 44.2 Å². The van der Waals surface area contributed by atoms with Crippen LogP contribution >= 0.6 is 35.1 Å². The highest BCUT2D eigenvalue weighted by Crippen LogP contribution is 2.33. The number of amides is 1. The number of ether oxygens (including phenoxy) is 2. The standard InChI is InChI=1S/C24H23ClN4O3S2/c1-14(2)23-28-29-21(26)18(22(30)27-24(29)34-23)12-15-4-9-19(20(13-15)31-3)32-10-11-33-17-7-5-16(25)6-8-17/h4-9,12-14,26H,10-11H2,1-3H3/b18-12+,26-21?. The summed E-state index contributed by atoms with van der Waals surface area (Å²) < 4.78 is 11.4. The van der Waals surface area contributed by atoms with Crippen LogP contribution in [-0.2, 0) is 4.79 Å². The number of fused-ring (bicyclic) bond motifs is 1. The molecule has 1 N–H and O–H groups in total. The van der Waals surface area contributed by atoms with Crippen LogP contribution in [0.25, 0.3) is 6.08 Å². The van der Waals surface area contributed by atoms with Gasteiger partial charge in [-0.05, 0) is 59.8 Å². The first-order chi connectivity index (χ1) is 16.4. The van der Waals surface area contributed by atoms with Gasteiger partial charge >= 0.3 is 0 Å². The second-order valence-electron chi connectivity index (χ2n) is 7.67. The topological polar surface area (TPSA) is 87.3 Å². The van der Waals surface area contributed by atoms with Crippen molar-refractivity contribution in [2.75, 3.05) is 19.5 Å². The van der Waals surface area contributed by atoms with E-state index in [1.165, 1.54) is 16.8 Å². The Bertz CT molecular complexity index is 1210. The quantitative estimate of drug-likeness (QED) is 0.272. The van der Waals surface area contributed by atoms with Gasteiger partial charge in [0.25, 0.3) is 5.91 Å². The van der Waals surface area contributed by atoms with Crippen LogP contribution in [0.5, 0.6) is 11.5 Å². The highest BCUT2D eigenvalue weighted by atomic mass is 35.5. The van der Waals surface area contributed by atoms with Crippen molar-refractivity contribution < 1.29 is 14.3 Å². The maximum atomic E-state index is 12.6. The molecular weight excluding hydrogens is 492 g/mol. The van der Waals surface area contributed by atoms with Gasteiger partial charge in [-0.15, -0.1) is 11.8 Å². The van der Waals surface area contributed by atoms with Gasteiger partial charge in [-0.2, -0.15) is 15.1 Å². The van der Waals surface area contributed by atoms with E-state index in [1.54, 1.807) is 37.1 Å². The van der Waals surface area contributed by atoms with Crippen LogP contribution in [-0.4, -0.2) is 46.4 Å². The maximum Gasteiger partial charge on any atom is 0.283 e. The van der Waals surface area contributed by atoms with Crippen LogP contribution in [0, 0.1) is 11.3 Å². The highest BCUT2D eigenvalue weighted by molar-refractivity contribution is 8.27. The van der Waals surface area contributed by atoms with Crippen molar-refractivity contribution in [3.05, 3.63) is 58.6 Å². The molecule has 176 valence electrons. The van der Waals surface area contributed by atoms with Gasteiger partial charge in [0.15, 0.2) is 17.3 Å². The van der Waals surface area contributed by atoms with E-state index in [4.69, 9.17) is 26.5 Å². The monoisotopic (exact) mass is 514 g/mol. The molecule has 2 aliphatic rings. The summed E-state index contributed by atoms with van der Waals surface area (Å²) >= 11 is 8.92. The van der Waals surface area contributed by atoms with E-state index in [2.05, 4.69) is 10.1 Å². The first-order valence-corrected chi connectivity index (χ1v) is 12.7. The lowest BCUT2D eigenvalue weighted by Crippen LogP contribution is -2.35. The van der Waals surface area contributed by atoms with Gasteiger partial charge in [0.2, 0.25) is 5.17 Å². The van der Waals surface area contributed by atoms with Crippen molar-refractivity contribution in [1.82, 2.24) is 5.01 Å². The number of nitrogens with zero attached hydrogens (tertiary/aromatic N) is 3. The third-order valence-corrected chi connectivity index (χ3v) is 7.32. The number of aliphatic imine (C=N–C) groups is 1. The molecular formula is C24H23ClN4O3S2. The van der Waals surface area contributed by atoms with Crippen molar-refractivity contribution in [2.24, 2.45) is 16.0 Å². The summed E-state index contributed by atoms with van der Waals surface area (Å²) in [5.41, 5.74) is 0.875. The second-order valence-corrected chi connectivity index (χ2v) is 10.3. The number of thioether (sulfide) groups is 2. The fourth-order valence-electron chi connectivity index (χ4n) is 3.14. The van der Waals surface area contributed by atoms with Crippen molar-refractivity contribution >= 4 is 63.2 Å². The smallest absolute Gasteiger partial charge is 0.283 e. The van der Waals surface area contributed by atoms with Gasteiger partial charge in [0.05, 0.1) is 19.3 Å². The Morgan fingerprint density at radius 3 is 2.68 bits per heavy atom. The number of carbonyl (C=O) groups is 1. The number of hydrogen-bond donors (Lipinski definition) is 1. The van der Waals surface area contributed by atoms with Crippen LogP contribution in [0.2, 0.25) is 5.02 Å². The Hall–Kier alpha value is -2.75. The van der Waals surface area contributed by atoms with E-state index in [0.29, 0.717) is 33.9 Å². The molecule has 0 saturated heterocycles. The lowest BCUT2D eigenvalue weighted by atomic mass is 10.1. The predicted molar refractivity (Wildman–Crippen MR) is 141 cm³/mol. The molecule has 0 radical (unpaired) electrons. The van der Waals surface area contributed by atoms with Crippen molar-refractivity contribution in [1.29, 1.82) is 5.41 Å². The number of benzene rings is 2. The molecule has 2 aromatic carbocycles. The minimum absolute atomic E-state index is 0.0108. The van der Waals surface area contributed by atoms with E-state index in [0.717, 1.165) is 15.7 Å². The van der Waals surface area contributed by atoms with E-state index in [9.17, 15) is 4.79 Å². The van der Waals surface area contributed by atoms with Crippen LogP contribution < -0.4 is 9.47 Å². The van der Waals surface area contributed by atoms with Gasteiger partial charge < -0.3 is 9.47 Å². The lowest BCUT2D eigenvalue weighted by Gasteiger charge is -2.20. The molecule has 1 amide bonds. The maximum absolute atomic E-state index is 12.6. The minimum atomic E-state index is -0.456. The average molecular weight is 515 g/mol. The summed E-state index contributed by atoms with van der Waals surface area (Å²) in [5, 5.41) is 16.3. The summed E-state index contributed by atoms with van der Waals surface area (Å²) in [6.45, 7) is 4.52. The summed E-state index contributed by atoms with van der Waals surface area (Å²) in [7, 11) is 1.57. The van der Waals surface area contributed by atoms with Crippen molar-refractivity contribution in [2.45, 2.75) is 18.7 Å². The van der Waals surface area contributed by atoms with Crippen LogP contribution in [0.3, 0.4) is 0 Å². The number of amidine groups is 2. The van der Waals surface area contributed by atoms with E-state index < -0.39 is 5.91 Å². The fraction of sp³-hybridized carbons (Fsp3) is 0.250. The van der Waals surface area contributed by atoms with Gasteiger partial charge in [-0.1, -0.05) is 31.5 Å². The van der Waals surface area contributed by atoms with Crippen LogP contribution in [0.1, 0.15) is 19.4 Å². The molecule has 0 aliphatic carbocycles. The Kier molecular flexibility index (Phi) is 7.65. The molecule has 4 rings (SSSR count). The largest absolute Gasteiger partial charge is 0.493 e. The average Bonchev–Trinajstić information content (AvgIpc) is 3.25. The molecule has 0 fully saturated rings. The molecule has 2 heterocycles. The number of rotatable bonds is 8. The van der Waals surface area contributed by atoms with E-state index in [-0.39, 0.29) is 17.3 Å². The number of halogens is 1. The fourth-order valence-corrected chi connectivity index (χ4v) is 4.89. The number of nitrogens with one attached hydrogen (secondary N) is 1. The molecule has 7 nitrogen and oxygen atoms in total. The second kappa shape index (κ2) is 10.7. The molecule has 0 bridgehead atoms. The minimum Gasteiger partial charge on any atom is -0.493 e. The zero-order valence-electron chi connectivity index (χ0n) is 18.9. The Morgan fingerprint density at radius 2 is 1.97 bits per heavy atom. The molecule has 34 heavy (non-hydrogen) atoms. The molecule has 0 spiro atoms. The first-order valence-electron chi connectivity index (χ1n) is 10.5.